The molecule has 1 aromatic heterocycles. The third kappa shape index (κ3) is 1.48. The van der Waals surface area contributed by atoms with E-state index in [-0.39, 0.29) is 0 Å². The zero-order valence-corrected chi connectivity index (χ0v) is 8.30. The molecule has 0 fully saturated rings. The van der Waals surface area contributed by atoms with E-state index in [1.165, 1.54) is 17.8 Å². The second-order valence-corrected chi connectivity index (χ2v) is 3.83. The summed E-state index contributed by atoms with van der Waals surface area (Å²) in [6, 6.07) is 0.458. The Morgan fingerprint density at radius 2 is 2.54 bits per heavy atom. The van der Waals surface area contributed by atoms with Gasteiger partial charge in [-0.25, -0.2) is 4.98 Å². The van der Waals surface area contributed by atoms with Crippen molar-refractivity contribution in [1.29, 1.82) is 0 Å². The Bertz CT molecular complexity index is 279. The van der Waals surface area contributed by atoms with Crippen LogP contribution < -0.4 is 5.32 Å². The molecule has 2 N–H and O–H groups in total. The van der Waals surface area contributed by atoms with Gasteiger partial charge in [0.25, 0.3) is 0 Å². The number of imidazole rings is 1. The molecule has 13 heavy (non-hydrogen) atoms. The lowest BCUT2D eigenvalue weighted by Gasteiger charge is -2.27. The van der Waals surface area contributed by atoms with Crippen LogP contribution in [0.15, 0.2) is 6.33 Å². The summed E-state index contributed by atoms with van der Waals surface area (Å²) in [6.07, 6.45) is 4.10. The van der Waals surface area contributed by atoms with Crippen LogP contribution in [0.2, 0.25) is 0 Å². The number of hydrogen-bond donors (Lipinski definition) is 2. The van der Waals surface area contributed by atoms with Gasteiger partial charge in [0.15, 0.2) is 0 Å². The van der Waals surface area contributed by atoms with E-state index in [0.717, 1.165) is 13.0 Å². The maximum absolute atomic E-state index is 4.39. The summed E-state index contributed by atoms with van der Waals surface area (Å²) < 4.78 is 0. The molecule has 1 aliphatic rings. The molecule has 0 aromatic carbocycles. The van der Waals surface area contributed by atoms with E-state index in [4.69, 9.17) is 0 Å². The zero-order valence-electron chi connectivity index (χ0n) is 8.30. The van der Waals surface area contributed by atoms with Crippen molar-refractivity contribution in [2.24, 2.45) is 5.92 Å². The standard InChI is InChI=1S/C10H17N3/c1-3-7(2)9-10-8(4-5-11-9)12-6-13-10/h6-7,9,11H,3-5H2,1-2H3,(H,12,13). The average Bonchev–Trinajstić information content (AvgIpc) is 2.63. The second-order valence-electron chi connectivity index (χ2n) is 3.83. The summed E-state index contributed by atoms with van der Waals surface area (Å²) >= 11 is 0. The number of nitrogens with one attached hydrogen (secondary N) is 2. The van der Waals surface area contributed by atoms with Gasteiger partial charge in [0.2, 0.25) is 0 Å². The molecular formula is C10H17N3. The molecule has 0 amide bonds. The monoisotopic (exact) mass is 179 g/mol. The minimum absolute atomic E-state index is 0.458. The Labute approximate surface area is 79.0 Å². The average molecular weight is 179 g/mol. The topological polar surface area (TPSA) is 40.7 Å². The molecule has 0 bridgehead atoms. The van der Waals surface area contributed by atoms with Crippen molar-refractivity contribution in [3.8, 4) is 0 Å². The third-order valence-electron chi connectivity index (χ3n) is 3.00. The van der Waals surface area contributed by atoms with Gasteiger partial charge in [-0.15, -0.1) is 0 Å². The quantitative estimate of drug-likeness (QED) is 0.724. The molecule has 3 heteroatoms. The van der Waals surface area contributed by atoms with Gasteiger partial charge >= 0.3 is 0 Å². The first kappa shape index (κ1) is 8.75. The molecule has 0 saturated heterocycles. The van der Waals surface area contributed by atoms with E-state index in [1.54, 1.807) is 0 Å². The van der Waals surface area contributed by atoms with Gasteiger partial charge in [-0.1, -0.05) is 20.3 Å². The summed E-state index contributed by atoms with van der Waals surface area (Å²) in [5, 5.41) is 3.53. The van der Waals surface area contributed by atoms with Crippen LogP contribution in [0.5, 0.6) is 0 Å². The molecule has 2 rings (SSSR count). The van der Waals surface area contributed by atoms with Gasteiger partial charge in [-0.2, -0.15) is 0 Å². The fourth-order valence-electron chi connectivity index (χ4n) is 1.96. The number of rotatable bonds is 2. The molecule has 3 nitrogen and oxygen atoms in total. The number of aromatic amines is 1. The van der Waals surface area contributed by atoms with E-state index in [9.17, 15) is 0 Å². The molecule has 0 spiro atoms. The lowest BCUT2D eigenvalue weighted by molar-refractivity contribution is 0.355. The molecule has 0 radical (unpaired) electrons. The third-order valence-corrected chi connectivity index (χ3v) is 3.00. The predicted molar refractivity (Wildman–Crippen MR) is 52.5 cm³/mol. The van der Waals surface area contributed by atoms with Crippen molar-refractivity contribution in [2.75, 3.05) is 6.54 Å². The smallest absolute Gasteiger partial charge is 0.0925 e. The molecule has 2 heterocycles. The first-order chi connectivity index (χ1) is 6.33. The number of nitrogens with zero attached hydrogens (tertiary/aromatic N) is 1. The van der Waals surface area contributed by atoms with E-state index >= 15 is 0 Å². The van der Waals surface area contributed by atoms with Crippen molar-refractivity contribution < 1.29 is 0 Å². The summed E-state index contributed by atoms with van der Waals surface area (Å²) in [7, 11) is 0. The van der Waals surface area contributed by atoms with Crippen LogP contribution in [0, 0.1) is 5.92 Å². The molecule has 2 unspecified atom stereocenters. The largest absolute Gasteiger partial charge is 0.348 e. The fraction of sp³-hybridized carbons (Fsp3) is 0.700. The molecular weight excluding hydrogens is 162 g/mol. The van der Waals surface area contributed by atoms with E-state index in [1.807, 2.05) is 6.33 Å². The Hall–Kier alpha value is -0.830. The van der Waals surface area contributed by atoms with Crippen LogP contribution in [0.3, 0.4) is 0 Å². The molecule has 1 aromatic rings. The number of fused-ring (bicyclic) bond motifs is 1. The fourth-order valence-corrected chi connectivity index (χ4v) is 1.96. The lowest BCUT2D eigenvalue weighted by atomic mass is 9.92. The number of aromatic nitrogens is 2. The molecule has 2 atom stereocenters. The lowest BCUT2D eigenvalue weighted by Crippen LogP contribution is -2.33. The van der Waals surface area contributed by atoms with Gasteiger partial charge in [-0.05, 0) is 5.92 Å². The van der Waals surface area contributed by atoms with Crippen LogP contribution in [0.1, 0.15) is 37.7 Å². The highest BCUT2D eigenvalue weighted by Crippen LogP contribution is 2.27. The second kappa shape index (κ2) is 3.50. The van der Waals surface area contributed by atoms with Crippen LogP contribution in [-0.4, -0.2) is 16.5 Å². The zero-order chi connectivity index (χ0) is 9.26. The highest BCUT2D eigenvalue weighted by Gasteiger charge is 2.25. The maximum Gasteiger partial charge on any atom is 0.0925 e. The van der Waals surface area contributed by atoms with Gasteiger partial charge < -0.3 is 10.3 Å². The summed E-state index contributed by atoms with van der Waals surface area (Å²) in [5.74, 6) is 0.669. The summed E-state index contributed by atoms with van der Waals surface area (Å²) in [5.41, 5.74) is 2.56. The highest BCUT2D eigenvalue weighted by molar-refractivity contribution is 5.19. The first-order valence-corrected chi connectivity index (χ1v) is 5.08. The molecule has 0 saturated carbocycles. The molecule has 72 valence electrons. The number of hydrogen-bond acceptors (Lipinski definition) is 2. The highest BCUT2D eigenvalue weighted by atomic mass is 15.0. The van der Waals surface area contributed by atoms with Crippen LogP contribution in [0.25, 0.3) is 0 Å². The minimum Gasteiger partial charge on any atom is -0.348 e. The Kier molecular flexibility index (Phi) is 2.36. The van der Waals surface area contributed by atoms with E-state index in [0.29, 0.717) is 12.0 Å². The predicted octanol–water partition coefficient (Wildman–Crippen LogP) is 1.64. The van der Waals surface area contributed by atoms with Crippen molar-refractivity contribution in [1.82, 2.24) is 15.3 Å². The Balaban J connectivity index is 2.24. The van der Waals surface area contributed by atoms with Crippen molar-refractivity contribution >= 4 is 0 Å². The normalized spacial score (nSPS) is 24.0. The van der Waals surface area contributed by atoms with Gasteiger partial charge in [-0.3, -0.25) is 0 Å². The van der Waals surface area contributed by atoms with Gasteiger partial charge in [0, 0.05) is 18.7 Å². The Morgan fingerprint density at radius 3 is 3.31 bits per heavy atom. The van der Waals surface area contributed by atoms with Crippen LogP contribution in [-0.2, 0) is 6.42 Å². The first-order valence-electron chi connectivity index (χ1n) is 5.08. The van der Waals surface area contributed by atoms with Gasteiger partial charge in [0.1, 0.15) is 0 Å². The SMILES string of the molecule is CCC(C)C1NCCc2[nH]cnc21. The van der Waals surface area contributed by atoms with E-state index < -0.39 is 0 Å². The minimum atomic E-state index is 0.458. The van der Waals surface area contributed by atoms with Gasteiger partial charge in [0.05, 0.1) is 18.1 Å². The van der Waals surface area contributed by atoms with Crippen molar-refractivity contribution in [2.45, 2.75) is 32.7 Å². The number of H-pyrrole nitrogens is 1. The van der Waals surface area contributed by atoms with Crippen molar-refractivity contribution in [3.63, 3.8) is 0 Å². The van der Waals surface area contributed by atoms with E-state index in [2.05, 4.69) is 29.1 Å². The molecule has 1 aliphatic heterocycles. The van der Waals surface area contributed by atoms with Crippen LogP contribution >= 0.6 is 0 Å². The van der Waals surface area contributed by atoms with Crippen LogP contribution in [0.4, 0.5) is 0 Å². The maximum atomic E-state index is 4.39. The van der Waals surface area contributed by atoms with Crippen molar-refractivity contribution in [3.05, 3.63) is 17.7 Å². The Morgan fingerprint density at radius 1 is 1.69 bits per heavy atom. The summed E-state index contributed by atoms with van der Waals surface area (Å²) in [6.45, 7) is 5.58. The molecule has 0 aliphatic carbocycles. The summed E-state index contributed by atoms with van der Waals surface area (Å²) in [4.78, 5) is 7.60.